The molecule has 2 saturated heterocycles. The highest BCUT2D eigenvalue weighted by Crippen LogP contribution is 2.30. The average molecular weight is 318 g/mol. The molecular weight excluding hydrogens is 288 g/mol. The largest absolute Gasteiger partial charge is 0.342 e. The highest BCUT2D eigenvalue weighted by molar-refractivity contribution is 5.79. The van der Waals surface area contributed by atoms with Crippen LogP contribution in [0.2, 0.25) is 0 Å². The van der Waals surface area contributed by atoms with Gasteiger partial charge in [-0.05, 0) is 51.5 Å². The lowest BCUT2D eigenvalue weighted by atomic mass is 9.94. The number of hydrogen-bond acceptors (Lipinski definition) is 3. The SMILES string of the molecule is Cc1nn(C)c(C)c1CC(C)C(=O)N(C)C1CC2CCC(C1)N2. The van der Waals surface area contributed by atoms with Gasteiger partial charge in [-0.25, -0.2) is 0 Å². The predicted octanol–water partition coefficient (Wildman–Crippen LogP) is 1.96. The summed E-state index contributed by atoms with van der Waals surface area (Å²) in [6.45, 7) is 6.18. The van der Waals surface area contributed by atoms with Crippen LogP contribution in [0.5, 0.6) is 0 Å². The van der Waals surface area contributed by atoms with Gasteiger partial charge in [0.05, 0.1) is 5.69 Å². The van der Waals surface area contributed by atoms with Gasteiger partial charge in [0, 0.05) is 43.8 Å². The van der Waals surface area contributed by atoms with Crippen molar-refractivity contribution in [2.24, 2.45) is 13.0 Å². The third kappa shape index (κ3) is 3.16. The summed E-state index contributed by atoms with van der Waals surface area (Å²) in [5.74, 6) is 0.285. The van der Waals surface area contributed by atoms with Crippen LogP contribution in [0.25, 0.3) is 0 Å². The van der Waals surface area contributed by atoms with Crippen molar-refractivity contribution in [3.05, 3.63) is 17.0 Å². The standard InChI is InChI=1S/C18H30N4O/c1-11(8-17-12(2)20-22(5)13(17)3)18(23)21(4)16-9-14-6-7-15(10-16)19-14/h11,14-16,19H,6-10H2,1-5H3. The lowest BCUT2D eigenvalue weighted by Gasteiger charge is -2.36. The normalized spacial score (nSPS) is 28.0. The number of aromatic nitrogens is 2. The fraction of sp³-hybridized carbons (Fsp3) is 0.778. The second kappa shape index (κ2) is 6.27. The molecule has 0 aliphatic carbocycles. The molecule has 1 amide bonds. The van der Waals surface area contributed by atoms with E-state index in [9.17, 15) is 4.79 Å². The molecule has 23 heavy (non-hydrogen) atoms. The Morgan fingerprint density at radius 2 is 1.96 bits per heavy atom. The topological polar surface area (TPSA) is 50.2 Å². The molecular formula is C18H30N4O. The fourth-order valence-corrected chi connectivity index (χ4v) is 4.38. The third-order valence-electron chi connectivity index (χ3n) is 5.93. The minimum atomic E-state index is 0.00846. The van der Waals surface area contributed by atoms with Gasteiger partial charge in [-0.1, -0.05) is 6.92 Å². The molecule has 0 aromatic carbocycles. The van der Waals surface area contributed by atoms with E-state index in [0.717, 1.165) is 25.0 Å². The quantitative estimate of drug-likeness (QED) is 0.923. The number of nitrogens with zero attached hydrogens (tertiary/aromatic N) is 3. The fourth-order valence-electron chi connectivity index (χ4n) is 4.38. The molecule has 3 unspecified atom stereocenters. The summed E-state index contributed by atoms with van der Waals surface area (Å²) in [7, 11) is 3.96. The molecule has 0 radical (unpaired) electrons. The van der Waals surface area contributed by atoms with Gasteiger partial charge >= 0.3 is 0 Å². The van der Waals surface area contributed by atoms with Crippen LogP contribution in [0.4, 0.5) is 0 Å². The first-order chi connectivity index (χ1) is 10.9. The first-order valence-corrected chi connectivity index (χ1v) is 8.88. The second-order valence-electron chi connectivity index (χ2n) is 7.59. The summed E-state index contributed by atoms with van der Waals surface area (Å²) >= 11 is 0. The van der Waals surface area contributed by atoms with E-state index in [1.807, 2.05) is 30.6 Å². The molecule has 1 N–H and O–H groups in total. The Bertz CT molecular complexity index is 582. The number of rotatable bonds is 4. The summed E-state index contributed by atoms with van der Waals surface area (Å²) in [6.07, 6.45) is 5.54. The monoisotopic (exact) mass is 318 g/mol. The smallest absolute Gasteiger partial charge is 0.225 e. The molecule has 5 heteroatoms. The summed E-state index contributed by atoms with van der Waals surface area (Å²) in [5, 5.41) is 8.12. The molecule has 3 atom stereocenters. The number of carbonyl (C=O) groups is 1. The molecule has 2 fully saturated rings. The van der Waals surface area contributed by atoms with Crippen molar-refractivity contribution >= 4 is 5.91 Å². The minimum Gasteiger partial charge on any atom is -0.342 e. The molecule has 1 aromatic heterocycles. The van der Waals surface area contributed by atoms with Crippen LogP contribution < -0.4 is 5.32 Å². The number of hydrogen-bond donors (Lipinski definition) is 1. The summed E-state index contributed by atoms with van der Waals surface area (Å²) < 4.78 is 1.91. The van der Waals surface area contributed by atoms with Crippen LogP contribution in [0.1, 0.15) is 49.6 Å². The van der Waals surface area contributed by atoms with Crippen molar-refractivity contribution in [2.45, 2.75) is 71.0 Å². The highest BCUT2D eigenvalue weighted by atomic mass is 16.2. The van der Waals surface area contributed by atoms with Crippen LogP contribution in [0.15, 0.2) is 0 Å². The molecule has 128 valence electrons. The number of piperidine rings is 1. The molecule has 2 aliphatic rings. The van der Waals surface area contributed by atoms with Gasteiger partial charge in [0.25, 0.3) is 0 Å². The minimum absolute atomic E-state index is 0.00846. The van der Waals surface area contributed by atoms with Gasteiger partial charge in [0.1, 0.15) is 0 Å². The first-order valence-electron chi connectivity index (χ1n) is 8.88. The van der Waals surface area contributed by atoms with Gasteiger partial charge in [-0.15, -0.1) is 0 Å². The number of amides is 1. The van der Waals surface area contributed by atoms with Crippen molar-refractivity contribution in [1.82, 2.24) is 20.0 Å². The van der Waals surface area contributed by atoms with E-state index < -0.39 is 0 Å². The maximum absolute atomic E-state index is 12.9. The Labute approximate surface area is 139 Å². The maximum atomic E-state index is 12.9. The van der Waals surface area contributed by atoms with Crippen molar-refractivity contribution in [3.63, 3.8) is 0 Å². The number of carbonyl (C=O) groups excluding carboxylic acids is 1. The molecule has 3 rings (SSSR count). The molecule has 2 bridgehead atoms. The van der Waals surface area contributed by atoms with E-state index >= 15 is 0 Å². The van der Waals surface area contributed by atoms with Crippen LogP contribution in [0, 0.1) is 19.8 Å². The summed E-state index contributed by atoms with van der Waals surface area (Å²) in [5.41, 5.74) is 3.45. The second-order valence-corrected chi connectivity index (χ2v) is 7.59. The van der Waals surface area contributed by atoms with Crippen molar-refractivity contribution in [1.29, 1.82) is 0 Å². The lowest BCUT2D eigenvalue weighted by Crippen LogP contribution is -2.50. The van der Waals surface area contributed by atoms with Crippen molar-refractivity contribution in [3.8, 4) is 0 Å². The van der Waals surface area contributed by atoms with Gasteiger partial charge < -0.3 is 10.2 Å². The third-order valence-corrected chi connectivity index (χ3v) is 5.93. The van der Waals surface area contributed by atoms with Crippen LogP contribution >= 0.6 is 0 Å². The Hall–Kier alpha value is -1.36. The van der Waals surface area contributed by atoms with Crippen molar-refractivity contribution in [2.75, 3.05) is 7.05 Å². The predicted molar refractivity (Wildman–Crippen MR) is 91.3 cm³/mol. The van der Waals surface area contributed by atoms with E-state index in [4.69, 9.17) is 0 Å². The highest BCUT2D eigenvalue weighted by Gasteiger charge is 2.37. The molecule has 3 heterocycles. The van der Waals surface area contributed by atoms with E-state index in [-0.39, 0.29) is 11.8 Å². The summed E-state index contributed by atoms with van der Waals surface area (Å²) in [4.78, 5) is 14.9. The Morgan fingerprint density at radius 1 is 1.35 bits per heavy atom. The Kier molecular flexibility index (Phi) is 4.50. The van der Waals surface area contributed by atoms with E-state index in [1.54, 1.807) is 0 Å². The van der Waals surface area contributed by atoms with Crippen LogP contribution in [0.3, 0.4) is 0 Å². The van der Waals surface area contributed by atoms with Gasteiger partial charge in [-0.3, -0.25) is 9.48 Å². The molecule has 2 aliphatic heterocycles. The Balaban J connectivity index is 1.64. The van der Waals surface area contributed by atoms with Gasteiger partial charge in [0.15, 0.2) is 0 Å². The number of aryl methyl sites for hydroxylation is 2. The van der Waals surface area contributed by atoms with Gasteiger partial charge in [-0.2, -0.15) is 5.10 Å². The lowest BCUT2D eigenvalue weighted by molar-refractivity contribution is -0.136. The number of fused-ring (bicyclic) bond motifs is 2. The van der Waals surface area contributed by atoms with Crippen LogP contribution in [-0.4, -0.2) is 45.8 Å². The zero-order chi connectivity index (χ0) is 16.7. The molecule has 1 aromatic rings. The zero-order valence-electron chi connectivity index (χ0n) is 15.1. The zero-order valence-corrected chi connectivity index (χ0v) is 15.1. The van der Waals surface area contributed by atoms with Gasteiger partial charge in [0.2, 0.25) is 5.91 Å². The average Bonchev–Trinajstić information content (AvgIpc) is 2.98. The van der Waals surface area contributed by atoms with E-state index in [2.05, 4.69) is 24.3 Å². The first kappa shape index (κ1) is 16.5. The molecule has 5 nitrogen and oxygen atoms in total. The van der Waals surface area contributed by atoms with E-state index in [1.165, 1.54) is 24.1 Å². The molecule has 0 spiro atoms. The number of nitrogens with one attached hydrogen (secondary N) is 1. The molecule has 0 saturated carbocycles. The van der Waals surface area contributed by atoms with Crippen molar-refractivity contribution < 1.29 is 4.79 Å². The maximum Gasteiger partial charge on any atom is 0.225 e. The Morgan fingerprint density at radius 3 is 2.48 bits per heavy atom. The summed E-state index contributed by atoms with van der Waals surface area (Å²) in [6, 6.07) is 1.64. The van der Waals surface area contributed by atoms with E-state index in [0.29, 0.717) is 18.1 Å². The van der Waals surface area contributed by atoms with Crippen LogP contribution in [-0.2, 0) is 18.3 Å².